The number of rotatable bonds is 3. The summed E-state index contributed by atoms with van der Waals surface area (Å²) in [6, 6.07) is 0. The predicted molar refractivity (Wildman–Crippen MR) is 54.5 cm³/mol. The second-order valence-electron chi connectivity index (χ2n) is 4.65. The SMILES string of the molecule is CC(C)(O)CN1CC=C([B-](F)(F)F)CC1. The summed E-state index contributed by atoms with van der Waals surface area (Å²) in [6.07, 6.45) is 1.27. The Balaban J connectivity index is 2.52. The molecule has 0 fully saturated rings. The average molecular weight is 222 g/mol. The van der Waals surface area contributed by atoms with Gasteiger partial charge in [-0.25, -0.2) is 0 Å². The number of hydrogen-bond donors (Lipinski definition) is 1. The first kappa shape index (κ1) is 12.6. The quantitative estimate of drug-likeness (QED) is 0.735. The standard InChI is InChI=1S/C9H16BF3NO/c1-9(2,15)7-14-5-3-8(4-6-14)10(11,12)13/h3,15H,4-7H2,1-2H3/q-1. The average Bonchev–Trinajstić information content (AvgIpc) is 2.00. The lowest BCUT2D eigenvalue weighted by Gasteiger charge is -2.33. The first-order chi connectivity index (χ1) is 6.68. The topological polar surface area (TPSA) is 23.5 Å². The van der Waals surface area contributed by atoms with Gasteiger partial charge in [0.2, 0.25) is 0 Å². The highest BCUT2D eigenvalue weighted by molar-refractivity contribution is 6.66. The van der Waals surface area contributed by atoms with Crippen molar-refractivity contribution >= 4 is 6.98 Å². The van der Waals surface area contributed by atoms with Crippen molar-refractivity contribution < 1.29 is 18.1 Å². The molecule has 0 amide bonds. The Morgan fingerprint density at radius 2 is 2.07 bits per heavy atom. The van der Waals surface area contributed by atoms with E-state index in [4.69, 9.17) is 0 Å². The molecule has 0 aromatic heterocycles. The molecule has 1 aliphatic rings. The molecule has 0 unspecified atom stereocenters. The van der Waals surface area contributed by atoms with Gasteiger partial charge in [-0.1, -0.05) is 0 Å². The Bertz CT molecular complexity index is 257. The maximum Gasteiger partial charge on any atom is 0.505 e. The summed E-state index contributed by atoms with van der Waals surface area (Å²) < 4.78 is 37.0. The monoisotopic (exact) mass is 222 g/mol. The molecule has 15 heavy (non-hydrogen) atoms. The minimum Gasteiger partial charge on any atom is -0.445 e. The van der Waals surface area contributed by atoms with Crippen LogP contribution in [0.2, 0.25) is 0 Å². The summed E-state index contributed by atoms with van der Waals surface area (Å²) >= 11 is 0. The lowest BCUT2D eigenvalue weighted by atomic mass is 9.75. The molecule has 88 valence electrons. The number of β-amino-alcohol motifs (C(OH)–C–C–N with tert-alkyl or cyclic N) is 1. The fourth-order valence-corrected chi connectivity index (χ4v) is 1.72. The van der Waals surface area contributed by atoms with Crippen LogP contribution in [0.15, 0.2) is 11.5 Å². The highest BCUT2D eigenvalue weighted by atomic mass is 19.4. The van der Waals surface area contributed by atoms with Crippen molar-refractivity contribution in [3.63, 3.8) is 0 Å². The van der Waals surface area contributed by atoms with Crippen molar-refractivity contribution in [2.45, 2.75) is 25.9 Å². The Morgan fingerprint density at radius 1 is 1.47 bits per heavy atom. The van der Waals surface area contributed by atoms with Gasteiger partial charge in [-0.15, -0.1) is 11.5 Å². The lowest BCUT2D eigenvalue weighted by molar-refractivity contribution is 0.0390. The van der Waals surface area contributed by atoms with Gasteiger partial charge in [0.25, 0.3) is 0 Å². The van der Waals surface area contributed by atoms with E-state index in [1.807, 2.05) is 4.90 Å². The van der Waals surface area contributed by atoms with E-state index in [9.17, 15) is 18.1 Å². The summed E-state index contributed by atoms with van der Waals surface area (Å²) in [4.78, 5) is 1.82. The van der Waals surface area contributed by atoms with Crippen LogP contribution in [0.3, 0.4) is 0 Å². The molecule has 1 rings (SSSR count). The van der Waals surface area contributed by atoms with Gasteiger partial charge in [-0.3, -0.25) is 4.90 Å². The number of hydrogen-bond acceptors (Lipinski definition) is 2. The molecule has 0 bridgehead atoms. The van der Waals surface area contributed by atoms with Crippen LogP contribution in [0.5, 0.6) is 0 Å². The van der Waals surface area contributed by atoms with Gasteiger partial charge < -0.3 is 18.1 Å². The first-order valence-corrected chi connectivity index (χ1v) is 5.02. The van der Waals surface area contributed by atoms with E-state index in [0.29, 0.717) is 13.1 Å². The van der Waals surface area contributed by atoms with Gasteiger partial charge in [0, 0.05) is 13.1 Å². The fourth-order valence-electron chi connectivity index (χ4n) is 1.72. The van der Waals surface area contributed by atoms with Crippen LogP contribution >= 0.6 is 0 Å². The predicted octanol–water partition coefficient (Wildman–Crippen LogP) is 1.78. The van der Waals surface area contributed by atoms with Crippen LogP contribution in [0.4, 0.5) is 12.9 Å². The molecule has 0 saturated heterocycles. The van der Waals surface area contributed by atoms with Gasteiger partial charge in [0.05, 0.1) is 5.60 Å². The molecule has 0 saturated carbocycles. The summed E-state index contributed by atoms with van der Waals surface area (Å²) in [5, 5.41) is 9.51. The van der Waals surface area contributed by atoms with Crippen molar-refractivity contribution in [2.24, 2.45) is 0 Å². The minimum absolute atomic E-state index is 0.0413. The molecule has 1 N–H and O–H groups in total. The van der Waals surface area contributed by atoms with Crippen molar-refractivity contribution in [3.8, 4) is 0 Å². The van der Waals surface area contributed by atoms with Crippen LogP contribution in [-0.2, 0) is 0 Å². The summed E-state index contributed by atoms with van der Waals surface area (Å²) in [5.41, 5.74) is -1.24. The van der Waals surface area contributed by atoms with Crippen LogP contribution in [0.25, 0.3) is 0 Å². The molecule has 1 heterocycles. The third kappa shape index (κ3) is 4.26. The van der Waals surface area contributed by atoms with Crippen LogP contribution < -0.4 is 0 Å². The smallest absolute Gasteiger partial charge is 0.445 e. The van der Waals surface area contributed by atoms with Crippen molar-refractivity contribution in [2.75, 3.05) is 19.6 Å². The highest BCUT2D eigenvalue weighted by Crippen LogP contribution is 2.25. The minimum atomic E-state index is -4.81. The molecule has 6 heteroatoms. The van der Waals surface area contributed by atoms with E-state index in [0.717, 1.165) is 0 Å². The number of nitrogens with zero attached hydrogens (tertiary/aromatic N) is 1. The van der Waals surface area contributed by atoms with E-state index < -0.39 is 12.6 Å². The van der Waals surface area contributed by atoms with E-state index >= 15 is 0 Å². The zero-order valence-electron chi connectivity index (χ0n) is 9.01. The van der Waals surface area contributed by atoms with E-state index in [2.05, 4.69) is 0 Å². The second-order valence-corrected chi connectivity index (χ2v) is 4.65. The molecule has 0 aliphatic carbocycles. The first-order valence-electron chi connectivity index (χ1n) is 5.02. The third-order valence-corrected chi connectivity index (χ3v) is 2.36. The maximum absolute atomic E-state index is 12.3. The second kappa shape index (κ2) is 4.18. The fraction of sp³-hybridized carbons (Fsp3) is 0.778. The molecule has 0 aromatic rings. The summed E-state index contributed by atoms with van der Waals surface area (Å²) in [6.45, 7) is -0.454. The van der Waals surface area contributed by atoms with E-state index in [1.165, 1.54) is 6.08 Å². The number of aliphatic hydroxyl groups is 1. The van der Waals surface area contributed by atoms with E-state index in [-0.39, 0.29) is 18.4 Å². The third-order valence-electron chi connectivity index (χ3n) is 2.36. The zero-order valence-corrected chi connectivity index (χ0v) is 9.01. The Labute approximate surface area is 87.8 Å². The molecule has 0 radical (unpaired) electrons. The van der Waals surface area contributed by atoms with Gasteiger partial charge >= 0.3 is 6.98 Å². The van der Waals surface area contributed by atoms with Crippen molar-refractivity contribution in [1.29, 1.82) is 0 Å². The molecule has 0 spiro atoms. The lowest BCUT2D eigenvalue weighted by Crippen LogP contribution is -2.42. The van der Waals surface area contributed by atoms with Gasteiger partial charge in [-0.2, -0.15) is 0 Å². The molecular weight excluding hydrogens is 206 g/mol. The van der Waals surface area contributed by atoms with Gasteiger partial charge in [0.1, 0.15) is 0 Å². The Hall–Kier alpha value is -0.485. The van der Waals surface area contributed by atoms with Crippen molar-refractivity contribution in [3.05, 3.63) is 11.5 Å². The number of halogens is 3. The van der Waals surface area contributed by atoms with Gasteiger partial charge in [-0.05, 0) is 26.8 Å². The van der Waals surface area contributed by atoms with Crippen LogP contribution in [0.1, 0.15) is 20.3 Å². The normalized spacial score (nSPS) is 20.3. The zero-order chi connectivity index (χ0) is 11.7. The molecular formula is C9H16BF3NO-. The summed E-state index contributed by atoms with van der Waals surface area (Å²) in [5.74, 6) is 0. The van der Waals surface area contributed by atoms with Gasteiger partial charge in [0.15, 0.2) is 0 Å². The van der Waals surface area contributed by atoms with Crippen molar-refractivity contribution in [1.82, 2.24) is 4.90 Å². The Kier molecular flexibility index (Phi) is 3.50. The maximum atomic E-state index is 12.3. The van der Waals surface area contributed by atoms with Crippen LogP contribution in [-0.4, -0.2) is 42.2 Å². The molecule has 2 nitrogen and oxygen atoms in total. The van der Waals surface area contributed by atoms with Crippen LogP contribution in [0, 0.1) is 0 Å². The molecule has 0 aromatic carbocycles. The molecule has 0 atom stereocenters. The highest BCUT2D eigenvalue weighted by Gasteiger charge is 2.30. The van der Waals surface area contributed by atoms with E-state index in [1.54, 1.807) is 13.8 Å². The molecule has 1 aliphatic heterocycles. The summed E-state index contributed by atoms with van der Waals surface area (Å²) in [7, 11) is 0. The Morgan fingerprint density at radius 3 is 2.40 bits per heavy atom. The largest absolute Gasteiger partial charge is 0.505 e.